The van der Waals surface area contributed by atoms with E-state index in [1.54, 1.807) is 6.26 Å². The number of nitrogens with one attached hydrogen (secondary N) is 1. The van der Waals surface area contributed by atoms with Crippen molar-refractivity contribution in [1.29, 1.82) is 0 Å². The average Bonchev–Trinajstić information content (AvgIpc) is 2.48. The first-order valence-electron chi connectivity index (χ1n) is 4.31. The normalized spacial score (nSPS) is 26.2. The van der Waals surface area contributed by atoms with Crippen molar-refractivity contribution in [2.45, 2.75) is 32.7 Å². The molecule has 1 atom stereocenters. The maximum absolute atomic E-state index is 10.5. The van der Waals surface area contributed by atoms with Gasteiger partial charge in [-0.1, -0.05) is 6.92 Å². The van der Waals surface area contributed by atoms with Crippen LogP contribution >= 0.6 is 0 Å². The second-order valence-corrected chi connectivity index (χ2v) is 3.08. The van der Waals surface area contributed by atoms with E-state index >= 15 is 0 Å². The standard InChI is InChI=1S/C9H15NO2/c1-3-9-4-8(5-10-9)6-12-7(2)11/h6,9-10H,3-5H2,1-2H3/b8-6-/t9-/m1/s1. The smallest absolute Gasteiger partial charge is 0.307 e. The Balaban J connectivity index is 2.35. The van der Waals surface area contributed by atoms with E-state index in [4.69, 9.17) is 4.74 Å². The van der Waals surface area contributed by atoms with Crippen molar-refractivity contribution in [3.8, 4) is 0 Å². The Bertz CT molecular complexity index is 199. The van der Waals surface area contributed by atoms with Gasteiger partial charge in [-0.05, 0) is 18.4 Å². The molecule has 0 aromatic rings. The first-order chi connectivity index (χ1) is 5.72. The van der Waals surface area contributed by atoms with Gasteiger partial charge < -0.3 is 10.1 Å². The van der Waals surface area contributed by atoms with Gasteiger partial charge in [0.15, 0.2) is 0 Å². The van der Waals surface area contributed by atoms with Crippen LogP contribution in [0.3, 0.4) is 0 Å². The number of carbonyl (C=O) groups is 1. The van der Waals surface area contributed by atoms with Crippen molar-refractivity contribution in [1.82, 2.24) is 5.32 Å². The molecule has 12 heavy (non-hydrogen) atoms. The van der Waals surface area contributed by atoms with Crippen molar-refractivity contribution in [3.05, 3.63) is 11.8 Å². The van der Waals surface area contributed by atoms with E-state index in [0.29, 0.717) is 6.04 Å². The molecule has 1 saturated heterocycles. The first-order valence-corrected chi connectivity index (χ1v) is 4.31. The van der Waals surface area contributed by atoms with Crippen LogP contribution in [0.5, 0.6) is 0 Å². The van der Waals surface area contributed by atoms with Crippen LogP contribution in [0.1, 0.15) is 26.7 Å². The SMILES string of the molecule is CC[C@@H]1C/C(=C/OC(C)=O)CN1. The summed E-state index contributed by atoms with van der Waals surface area (Å²) in [5.74, 6) is -0.248. The molecule has 68 valence electrons. The first kappa shape index (κ1) is 9.26. The summed E-state index contributed by atoms with van der Waals surface area (Å²) in [6.07, 6.45) is 3.70. The molecule has 0 unspecified atom stereocenters. The van der Waals surface area contributed by atoms with E-state index in [1.165, 1.54) is 12.5 Å². The minimum Gasteiger partial charge on any atom is -0.435 e. The number of hydrogen-bond acceptors (Lipinski definition) is 3. The van der Waals surface area contributed by atoms with Crippen molar-refractivity contribution in [2.24, 2.45) is 0 Å². The van der Waals surface area contributed by atoms with Gasteiger partial charge in [0.1, 0.15) is 0 Å². The highest BCUT2D eigenvalue weighted by atomic mass is 16.5. The summed E-state index contributed by atoms with van der Waals surface area (Å²) in [6.45, 7) is 4.41. The number of rotatable bonds is 2. The molecule has 1 aliphatic rings. The highest BCUT2D eigenvalue weighted by molar-refractivity contribution is 5.66. The summed E-state index contributed by atoms with van der Waals surface area (Å²) in [6, 6.07) is 0.562. The predicted molar refractivity (Wildman–Crippen MR) is 46.5 cm³/mol. The van der Waals surface area contributed by atoms with Crippen LogP contribution in [0.15, 0.2) is 11.8 Å². The summed E-state index contributed by atoms with van der Waals surface area (Å²) < 4.78 is 4.78. The molecule has 0 aliphatic carbocycles. The molecule has 3 heteroatoms. The lowest BCUT2D eigenvalue weighted by Crippen LogP contribution is -2.19. The summed E-state index contributed by atoms with van der Waals surface area (Å²) >= 11 is 0. The van der Waals surface area contributed by atoms with Gasteiger partial charge in [-0.15, -0.1) is 0 Å². The maximum atomic E-state index is 10.5. The minimum absolute atomic E-state index is 0.248. The van der Waals surface area contributed by atoms with E-state index < -0.39 is 0 Å². The van der Waals surface area contributed by atoms with Crippen molar-refractivity contribution in [2.75, 3.05) is 6.54 Å². The molecule has 0 saturated carbocycles. The van der Waals surface area contributed by atoms with Gasteiger partial charge in [0.05, 0.1) is 6.26 Å². The number of carbonyl (C=O) groups excluding carboxylic acids is 1. The molecule has 1 fully saturated rings. The van der Waals surface area contributed by atoms with Crippen LogP contribution in [0.2, 0.25) is 0 Å². The van der Waals surface area contributed by atoms with E-state index in [-0.39, 0.29) is 5.97 Å². The van der Waals surface area contributed by atoms with E-state index in [1.807, 2.05) is 0 Å². The zero-order chi connectivity index (χ0) is 8.97. The van der Waals surface area contributed by atoms with Gasteiger partial charge in [-0.3, -0.25) is 4.79 Å². The van der Waals surface area contributed by atoms with Gasteiger partial charge in [0.2, 0.25) is 0 Å². The number of esters is 1. The molecule has 3 nitrogen and oxygen atoms in total. The average molecular weight is 169 g/mol. The Hall–Kier alpha value is -0.830. The Morgan fingerprint density at radius 3 is 3.08 bits per heavy atom. The van der Waals surface area contributed by atoms with Crippen LogP contribution in [0.25, 0.3) is 0 Å². The highest BCUT2D eigenvalue weighted by Crippen LogP contribution is 2.14. The topological polar surface area (TPSA) is 38.3 Å². The van der Waals surface area contributed by atoms with Crippen LogP contribution < -0.4 is 5.32 Å². The lowest BCUT2D eigenvalue weighted by Gasteiger charge is -2.02. The quantitative estimate of drug-likeness (QED) is 0.498. The number of ether oxygens (including phenoxy) is 1. The minimum atomic E-state index is -0.248. The Kier molecular flexibility index (Phi) is 3.29. The van der Waals surface area contributed by atoms with Crippen molar-refractivity contribution < 1.29 is 9.53 Å². The zero-order valence-electron chi connectivity index (χ0n) is 7.59. The summed E-state index contributed by atoms with van der Waals surface area (Å²) in [5, 5.41) is 3.32. The van der Waals surface area contributed by atoms with Gasteiger partial charge in [-0.2, -0.15) is 0 Å². The molecule has 0 aromatic heterocycles. The van der Waals surface area contributed by atoms with Gasteiger partial charge in [0.25, 0.3) is 0 Å². The fourth-order valence-electron chi connectivity index (χ4n) is 1.28. The van der Waals surface area contributed by atoms with Gasteiger partial charge in [-0.25, -0.2) is 0 Å². The highest BCUT2D eigenvalue weighted by Gasteiger charge is 2.16. The third kappa shape index (κ3) is 2.66. The van der Waals surface area contributed by atoms with Gasteiger partial charge in [0, 0.05) is 19.5 Å². The molecule has 0 spiro atoms. The second kappa shape index (κ2) is 4.26. The maximum Gasteiger partial charge on any atom is 0.307 e. The largest absolute Gasteiger partial charge is 0.435 e. The van der Waals surface area contributed by atoms with Crippen LogP contribution in [-0.2, 0) is 9.53 Å². The molecule has 0 radical (unpaired) electrons. The molecule has 1 rings (SSSR count). The third-order valence-corrected chi connectivity index (χ3v) is 2.01. The lowest BCUT2D eigenvalue weighted by atomic mass is 10.1. The third-order valence-electron chi connectivity index (χ3n) is 2.01. The molecule has 1 aliphatic heterocycles. The molecule has 1 N–H and O–H groups in total. The van der Waals surface area contributed by atoms with E-state index in [0.717, 1.165) is 19.4 Å². The Morgan fingerprint density at radius 2 is 2.58 bits per heavy atom. The molecule has 0 bridgehead atoms. The fraction of sp³-hybridized carbons (Fsp3) is 0.667. The fourth-order valence-corrected chi connectivity index (χ4v) is 1.28. The molecule has 1 heterocycles. The van der Waals surface area contributed by atoms with E-state index in [9.17, 15) is 4.79 Å². The summed E-state index contributed by atoms with van der Waals surface area (Å²) in [4.78, 5) is 10.5. The predicted octanol–water partition coefficient (Wildman–Crippen LogP) is 1.21. The zero-order valence-corrected chi connectivity index (χ0v) is 7.59. The van der Waals surface area contributed by atoms with Crippen LogP contribution in [0, 0.1) is 0 Å². The van der Waals surface area contributed by atoms with Crippen LogP contribution in [0.4, 0.5) is 0 Å². The lowest BCUT2D eigenvalue weighted by molar-refractivity contribution is -0.135. The monoisotopic (exact) mass is 169 g/mol. The number of hydrogen-bond donors (Lipinski definition) is 1. The molecule has 0 amide bonds. The molecule has 0 aromatic carbocycles. The second-order valence-electron chi connectivity index (χ2n) is 3.08. The van der Waals surface area contributed by atoms with Gasteiger partial charge >= 0.3 is 5.97 Å². The van der Waals surface area contributed by atoms with Crippen LogP contribution in [-0.4, -0.2) is 18.6 Å². The summed E-state index contributed by atoms with van der Waals surface area (Å²) in [7, 11) is 0. The Morgan fingerprint density at radius 1 is 1.83 bits per heavy atom. The molecular formula is C9H15NO2. The molecular weight excluding hydrogens is 154 g/mol. The Labute approximate surface area is 72.8 Å². The van der Waals surface area contributed by atoms with E-state index in [2.05, 4.69) is 12.2 Å². The van der Waals surface area contributed by atoms with Crippen molar-refractivity contribution >= 4 is 5.97 Å². The van der Waals surface area contributed by atoms with Crippen molar-refractivity contribution in [3.63, 3.8) is 0 Å². The summed E-state index contributed by atoms with van der Waals surface area (Å²) in [5.41, 5.74) is 1.18.